The van der Waals surface area contributed by atoms with Crippen LogP contribution in [0.15, 0.2) is 78.9 Å². The summed E-state index contributed by atoms with van der Waals surface area (Å²) in [5, 5.41) is 14.7. The van der Waals surface area contributed by atoms with Gasteiger partial charge in [0.25, 0.3) is 0 Å². The third-order valence-electron chi connectivity index (χ3n) is 5.04. The van der Waals surface area contributed by atoms with E-state index in [4.69, 9.17) is 4.74 Å². The van der Waals surface area contributed by atoms with Gasteiger partial charge in [0, 0.05) is 0 Å². The normalized spacial score (nSPS) is 11.7. The van der Waals surface area contributed by atoms with E-state index in [1.54, 1.807) is 11.8 Å². The molecule has 0 bridgehead atoms. The molecule has 0 radical (unpaired) electrons. The van der Waals surface area contributed by atoms with Gasteiger partial charge in [0.05, 0.1) is 25.3 Å². The number of methoxy groups -OCH3 is 1. The predicted molar refractivity (Wildman–Crippen MR) is 117 cm³/mol. The van der Waals surface area contributed by atoms with Crippen LogP contribution < -0.4 is 10.1 Å². The van der Waals surface area contributed by atoms with Crippen LogP contribution in [0.1, 0.15) is 28.6 Å². The van der Waals surface area contributed by atoms with Gasteiger partial charge in [0.2, 0.25) is 5.91 Å². The van der Waals surface area contributed by atoms with E-state index >= 15 is 0 Å². The second-order valence-electron chi connectivity index (χ2n) is 7.17. The average Bonchev–Trinajstić information content (AvgIpc) is 3.24. The first-order valence-electron chi connectivity index (χ1n) is 9.96. The minimum Gasteiger partial charge on any atom is -0.497 e. The first-order valence-corrected chi connectivity index (χ1v) is 9.96. The first-order chi connectivity index (χ1) is 15.1. The Balaban J connectivity index is 1.52. The van der Waals surface area contributed by atoms with Crippen molar-refractivity contribution in [1.29, 1.82) is 0 Å². The van der Waals surface area contributed by atoms with E-state index in [1.165, 1.54) is 0 Å². The van der Waals surface area contributed by atoms with Gasteiger partial charge in [-0.3, -0.25) is 4.79 Å². The number of rotatable bonds is 7. The van der Waals surface area contributed by atoms with Crippen molar-refractivity contribution in [1.82, 2.24) is 25.5 Å². The highest BCUT2D eigenvalue weighted by Gasteiger charge is 2.18. The molecule has 1 atom stereocenters. The molecule has 1 aromatic heterocycles. The number of carbonyl (C=O) groups excluding carboxylic acids is 1. The summed E-state index contributed by atoms with van der Waals surface area (Å²) in [7, 11) is 1.63. The summed E-state index contributed by atoms with van der Waals surface area (Å²) < 4.78 is 7.01. The molecule has 0 fully saturated rings. The van der Waals surface area contributed by atoms with Gasteiger partial charge in [-0.05, 0) is 58.3 Å². The smallest absolute Gasteiger partial charge is 0.225 e. The third-order valence-corrected chi connectivity index (χ3v) is 5.04. The largest absolute Gasteiger partial charge is 0.497 e. The van der Waals surface area contributed by atoms with Crippen molar-refractivity contribution in [2.24, 2.45) is 0 Å². The summed E-state index contributed by atoms with van der Waals surface area (Å²) in [6.45, 7) is 1.84. The van der Waals surface area contributed by atoms with Crippen molar-refractivity contribution in [3.8, 4) is 11.4 Å². The second kappa shape index (κ2) is 9.21. The van der Waals surface area contributed by atoms with E-state index in [0.717, 1.165) is 28.1 Å². The monoisotopic (exact) mass is 413 g/mol. The Labute approximate surface area is 180 Å². The maximum atomic E-state index is 12.9. The number of tetrazole rings is 1. The quantitative estimate of drug-likeness (QED) is 0.502. The van der Waals surface area contributed by atoms with Crippen LogP contribution in [-0.4, -0.2) is 33.2 Å². The fourth-order valence-electron chi connectivity index (χ4n) is 3.45. The van der Waals surface area contributed by atoms with Crippen molar-refractivity contribution >= 4 is 5.91 Å². The first kappa shape index (κ1) is 20.3. The Kier molecular flexibility index (Phi) is 6.03. The van der Waals surface area contributed by atoms with Crippen molar-refractivity contribution in [2.75, 3.05) is 7.11 Å². The zero-order valence-corrected chi connectivity index (χ0v) is 17.4. The van der Waals surface area contributed by atoms with Crippen molar-refractivity contribution in [3.63, 3.8) is 0 Å². The molecule has 0 unspecified atom stereocenters. The zero-order chi connectivity index (χ0) is 21.6. The maximum Gasteiger partial charge on any atom is 0.225 e. The number of carbonyl (C=O) groups is 1. The molecule has 31 heavy (non-hydrogen) atoms. The molecule has 0 saturated heterocycles. The molecule has 0 saturated carbocycles. The third kappa shape index (κ3) is 4.78. The lowest BCUT2D eigenvalue weighted by Gasteiger charge is -2.20. The topological polar surface area (TPSA) is 81.9 Å². The van der Waals surface area contributed by atoms with Crippen LogP contribution in [0, 0.1) is 6.92 Å². The average molecular weight is 413 g/mol. The number of benzene rings is 3. The molecule has 7 heteroatoms. The minimum atomic E-state index is -0.271. The summed E-state index contributed by atoms with van der Waals surface area (Å²) in [6, 6.07) is 25.0. The Morgan fingerprint density at radius 2 is 1.74 bits per heavy atom. The number of amides is 1. The van der Waals surface area contributed by atoms with Gasteiger partial charge < -0.3 is 10.1 Å². The van der Waals surface area contributed by atoms with E-state index < -0.39 is 0 Å². The van der Waals surface area contributed by atoms with Gasteiger partial charge in [-0.2, -0.15) is 4.68 Å². The molecule has 156 valence electrons. The molecule has 0 aliphatic heterocycles. The van der Waals surface area contributed by atoms with Crippen LogP contribution in [0.5, 0.6) is 5.75 Å². The van der Waals surface area contributed by atoms with E-state index in [9.17, 15) is 4.79 Å². The number of aryl methyl sites for hydroxylation is 1. The Morgan fingerprint density at radius 1 is 1.00 bits per heavy atom. The lowest BCUT2D eigenvalue weighted by molar-refractivity contribution is -0.120. The molecule has 1 heterocycles. The number of ether oxygens (including phenoxy) is 1. The lowest BCUT2D eigenvalue weighted by atomic mass is 9.98. The Morgan fingerprint density at radius 3 is 2.42 bits per heavy atom. The molecule has 4 aromatic rings. The van der Waals surface area contributed by atoms with Gasteiger partial charge in [0.1, 0.15) is 5.75 Å². The highest BCUT2D eigenvalue weighted by molar-refractivity contribution is 5.79. The molecule has 0 aliphatic rings. The van der Waals surface area contributed by atoms with Crippen LogP contribution in [0.4, 0.5) is 0 Å². The van der Waals surface area contributed by atoms with E-state index in [2.05, 4.69) is 20.8 Å². The highest BCUT2D eigenvalue weighted by atomic mass is 16.5. The Bertz CT molecular complexity index is 1160. The summed E-state index contributed by atoms with van der Waals surface area (Å²) in [4.78, 5) is 12.9. The summed E-state index contributed by atoms with van der Waals surface area (Å²) in [5.74, 6) is 1.39. The predicted octanol–water partition coefficient (Wildman–Crippen LogP) is 3.43. The molecular formula is C24H23N5O2. The summed E-state index contributed by atoms with van der Waals surface area (Å²) in [6.07, 6.45) is 0.266. The number of nitrogens with zero attached hydrogens (tertiary/aromatic N) is 4. The van der Waals surface area contributed by atoms with E-state index in [0.29, 0.717) is 5.82 Å². The molecule has 1 amide bonds. The number of hydrogen-bond acceptors (Lipinski definition) is 5. The van der Waals surface area contributed by atoms with Crippen LogP contribution in [0.3, 0.4) is 0 Å². The van der Waals surface area contributed by atoms with Gasteiger partial charge in [-0.25, -0.2) is 0 Å². The molecule has 3 aromatic carbocycles. The lowest BCUT2D eigenvalue weighted by Crippen LogP contribution is -2.30. The van der Waals surface area contributed by atoms with Gasteiger partial charge in [-0.15, -0.1) is 5.10 Å². The van der Waals surface area contributed by atoms with Gasteiger partial charge in [0.15, 0.2) is 5.82 Å². The van der Waals surface area contributed by atoms with E-state index in [-0.39, 0.29) is 18.4 Å². The standard InChI is InChI=1S/C24H23N5O2/c1-17-26-27-28-29(17)21-13-11-18(12-14-21)15-23(30)25-24(19-7-4-3-5-8-19)20-9-6-10-22(16-20)31-2/h3-14,16,24H,15H2,1-2H3,(H,25,30)/t24-/m0/s1. The van der Waals surface area contributed by atoms with Crippen LogP contribution in [0.2, 0.25) is 0 Å². The van der Waals surface area contributed by atoms with Crippen LogP contribution in [0.25, 0.3) is 5.69 Å². The maximum absolute atomic E-state index is 12.9. The summed E-state index contributed by atoms with van der Waals surface area (Å²) in [5.41, 5.74) is 3.73. The van der Waals surface area contributed by atoms with Crippen molar-refractivity contribution < 1.29 is 9.53 Å². The fraction of sp³-hybridized carbons (Fsp3) is 0.167. The van der Waals surface area contributed by atoms with Gasteiger partial charge in [-0.1, -0.05) is 54.6 Å². The number of hydrogen-bond donors (Lipinski definition) is 1. The molecular weight excluding hydrogens is 390 g/mol. The molecule has 0 aliphatic carbocycles. The molecule has 4 rings (SSSR count). The van der Waals surface area contributed by atoms with Crippen LogP contribution in [-0.2, 0) is 11.2 Å². The van der Waals surface area contributed by atoms with Crippen LogP contribution >= 0.6 is 0 Å². The van der Waals surface area contributed by atoms with Gasteiger partial charge >= 0.3 is 0 Å². The second-order valence-corrected chi connectivity index (χ2v) is 7.17. The summed E-state index contributed by atoms with van der Waals surface area (Å²) >= 11 is 0. The molecule has 1 N–H and O–H groups in total. The molecule has 0 spiro atoms. The molecule has 7 nitrogen and oxygen atoms in total. The van der Waals surface area contributed by atoms with Crippen molar-refractivity contribution in [2.45, 2.75) is 19.4 Å². The Hall–Kier alpha value is -4.00. The highest BCUT2D eigenvalue weighted by Crippen LogP contribution is 2.25. The van der Waals surface area contributed by atoms with E-state index in [1.807, 2.05) is 85.8 Å². The number of aromatic nitrogens is 4. The zero-order valence-electron chi connectivity index (χ0n) is 17.4. The number of nitrogens with one attached hydrogen (secondary N) is 1. The SMILES string of the molecule is COc1cccc([C@@H](NC(=O)Cc2ccc(-n3nnnc3C)cc2)c2ccccc2)c1. The van der Waals surface area contributed by atoms with Crippen molar-refractivity contribution in [3.05, 3.63) is 101 Å². The fourth-order valence-corrected chi connectivity index (χ4v) is 3.45. The minimum absolute atomic E-state index is 0.0666.